The smallest absolute Gasteiger partial charge is 0.278 e. The van der Waals surface area contributed by atoms with Gasteiger partial charge in [-0.3, -0.25) is 9.59 Å². The first-order valence-electron chi connectivity index (χ1n) is 7.10. The highest BCUT2D eigenvalue weighted by atomic mass is 16.2. The zero-order valence-corrected chi connectivity index (χ0v) is 12.5. The van der Waals surface area contributed by atoms with E-state index in [1.54, 1.807) is 19.1 Å². The van der Waals surface area contributed by atoms with Crippen molar-refractivity contribution in [3.63, 3.8) is 0 Å². The molecule has 1 aliphatic carbocycles. The van der Waals surface area contributed by atoms with Gasteiger partial charge in [-0.1, -0.05) is 32.0 Å². The second-order valence-corrected chi connectivity index (χ2v) is 6.43. The minimum absolute atomic E-state index is 0.0888. The largest absolute Gasteiger partial charge is 0.294 e. The van der Waals surface area contributed by atoms with E-state index < -0.39 is 0 Å². The lowest BCUT2D eigenvalue weighted by Gasteiger charge is -2.27. The van der Waals surface area contributed by atoms with Crippen molar-refractivity contribution >= 4 is 11.7 Å². The standard InChI is InChI=1S/C17H18N2O2/c1-11-15-13(9-17(2,3)10-14(15)20)18-19(11)16(21)12-7-5-4-6-8-12/h4-8H,9-10H2,1-3H3. The maximum Gasteiger partial charge on any atom is 0.278 e. The number of fused-ring (bicyclic) bond motifs is 1. The van der Waals surface area contributed by atoms with Gasteiger partial charge >= 0.3 is 0 Å². The zero-order valence-electron chi connectivity index (χ0n) is 12.5. The third-order valence-electron chi connectivity index (χ3n) is 3.97. The predicted octanol–water partition coefficient (Wildman–Crippen LogP) is 3.04. The third-order valence-corrected chi connectivity index (χ3v) is 3.97. The summed E-state index contributed by atoms with van der Waals surface area (Å²) in [7, 11) is 0. The number of nitrogens with zero attached hydrogens (tertiary/aromatic N) is 2. The second kappa shape index (κ2) is 4.65. The maximum atomic E-state index is 12.5. The maximum absolute atomic E-state index is 12.5. The first-order valence-corrected chi connectivity index (χ1v) is 7.10. The van der Waals surface area contributed by atoms with E-state index in [1.165, 1.54) is 4.68 Å². The van der Waals surface area contributed by atoms with Crippen LogP contribution in [-0.4, -0.2) is 21.5 Å². The van der Waals surface area contributed by atoms with Crippen LogP contribution in [0.25, 0.3) is 0 Å². The van der Waals surface area contributed by atoms with Gasteiger partial charge in [-0.05, 0) is 30.9 Å². The molecule has 0 fully saturated rings. The summed E-state index contributed by atoms with van der Waals surface area (Å²) >= 11 is 0. The van der Waals surface area contributed by atoms with Gasteiger partial charge in [0.1, 0.15) is 0 Å². The number of Topliss-reactive ketones (excluding diaryl/α,β-unsaturated/α-hetero) is 1. The molecule has 0 bridgehead atoms. The summed E-state index contributed by atoms with van der Waals surface area (Å²) in [5, 5.41) is 4.42. The van der Waals surface area contributed by atoms with Gasteiger partial charge in [0.05, 0.1) is 17.0 Å². The number of rotatable bonds is 1. The molecule has 1 heterocycles. The van der Waals surface area contributed by atoms with Crippen molar-refractivity contribution in [2.45, 2.75) is 33.6 Å². The summed E-state index contributed by atoms with van der Waals surface area (Å²) in [4.78, 5) is 24.9. The fourth-order valence-electron chi connectivity index (χ4n) is 2.99. The number of ketones is 1. The third kappa shape index (κ3) is 2.31. The SMILES string of the molecule is Cc1c2c(nn1C(=O)c1ccccc1)CC(C)(C)CC2=O. The molecule has 0 N–H and O–H groups in total. The predicted molar refractivity (Wildman–Crippen MR) is 79.6 cm³/mol. The van der Waals surface area contributed by atoms with Gasteiger partial charge in [-0.2, -0.15) is 5.10 Å². The minimum atomic E-state index is -0.187. The quantitative estimate of drug-likeness (QED) is 0.807. The van der Waals surface area contributed by atoms with E-state index >= 15 is 0 Å². The molecule has 2 aromatic rings. The topological polar surface area (TPSA) is 52.0 Å². The lowest BCUT2D eigenvalue weighted by atomic mass is 9.76. The Kier molecular flexibility index (Phi) is 3.04. The monoisotopic (exact) mass is 282 g/mol. The molecule has 1 aromatic carbocycles. The Morgan fingerprint density at radius 3 is 2.52 bits per heavy atom. The van der Waals surface area contributed by atoms with E-state index in [9.17, 15) is 9.59 Å². The molecule has 0 aliphatic heterocycles. The molecule has 1 aromatic heterocycles. The molecule has 0 saturated carbocycles. The number of hydrogen-bond acceptors (Lipinski definition) is 3. The van der Waals surface area contributed by atoms with Crippen LogP contribution >= 0.6 is 0 Å². The summed E-state index contributed by atoms with van der Waals surface area (Å²) in [6, 6.07) is 9.02. The van der Waals surface area contributed by atoms with E-state index in [2.05, 4.69) is 18.9 Å². The average molecular weight is 282 g/mol. The van der Waals surface area contributed by atoms with Gasteiger partial charge in [0.15, 0.2) is 5.78 Å². The van der Waals surface area contributed by atoms with Crippen LogP contribution in [0.4, 0.5) is 0 Å². The van der Waals surface area contributed by atoms with Crippen LogP contribution in [0.3, 0.4) is 0 Å². The average Bonchev–Trinajstić information content (AvgIpc) is 2.74. The van der Waals surface area contributed by atoms with Crippen LogP contribution in [0.15, 0.2) is 30.3 Å². The van der Waals surface area contributed by atoms with Crippen LogP contribution in [0, 0.1) is 12.3 Å². The van der Waals surface area contributed by atoms with E-state index in [1.807, 2.05) is 18.2 Å². The van der Waals surface area contributed by atoms with Crippen molar-refractivity contribution < 1.29 is 9.59 Å². The fourth-order valence-corrected chi connectivity index (χ4v) is 2.99. The minimum Gasteiger partial charge on any atom is -0.294 e. The first-order chi connectivity index (χ1) is 9.89. The van der Waals surface area contributed by atoms with Crippen molar-refractivity contribution in [3.8, 4) is 0 Å². The summed E-state index contributed by atoms with van der Waals surface area (Å²) < 4.78 is 1.37. The summed E-state index contributed by atoms with van der Waals surface area (Å²) in [6.45, 7) is 5.91. The number of carbonyl (C=O) groups is 2. The highest BCUT2D eigenvalue weighted by Crippen LogP contribution is 2.35. The molecular weight excluding hydrogens is 264 g/mol. The normalized spacial score (nSPS) is 16.6. The van der Waals surface area contributed by atoms with Crippen molar-refractivity contribution in [3.05, 3.63) is 52.8 Å². The Bertz CT molecular complexity index is 727. The number of carbonyl (C=O) groups excluding carboxylic acids is 2. The van der Waals surface area contributed by atoms with E-state index in [-0.39, 0.29) is 17.1 Å². The first kappa shape index (κ1) is 13.7. The van der Waals surface area contributed by atoms with Gasteiger partial charge in [-0.15, -0.1) is 0 Å². The Balaban J connectivity index is 2.07. The zero-order chi connectivity index (χ0) is 15.2. The molecule has 0 spiro atoms. The Morgan fingerprint density at radius 1 is 1.19 bits per heavy atom. The van der Waals surface area contributed by atoms with Crippen molar-refractivity contribution in [1.82, 2.24) is 9.78 Å². The number of benzene rings is 1. The lowest BCUT2D eigenvalue weighted by molar-refractivity contribution is 0.0910. The highest BCUT2D eigenvalue weighted by Gasteiger charge is 2.35. The van der Waals surface area contributed by atoms with E-state index in [4.69, 9.17) is 0 Å². The van der Waals surface area contributed by atoms with Crippen molar-refractivity contribution in [2.24, 2.45) is 5.41 Å². The van der Waals surface area contributed by atoms with Crippen LogP contribution in [-0.2, 0) is 6.42 Å². The molecule has 108 valence electrons. The molecule has 0 amide bonds. The number of hydrogen-bond donors (Lipinski definition) is 0. The second-order valence-electron chi connectivity index (χ2n) is 6.43. The molecule has 4 heteroatoms. The van der Waals surface area contributed by atoms with Gasteiger partial charge in [-0.25, -0.2) is 4.68 Å². The highest BCUT2D eigenvalue weighted by molar-refractivity contribution is 6.02. The van der Waals surface area contributed by atoms with Gasteiger partial charge in [0, 0.05) is 12.0 Å². The fraction of sp³-hybridized carbons (Fsp3) is 0.353. The van der Waals surface area contributed by atoms with Gasteiger partial charge < -0.3 is 0 Å². The molecule has 0 radical (unpaired) electrons. The number of aromatic nitrogens is 2. The Labute approximate surface area is 123 Å². The lowest BCUT2D eigenvalue weighted by Crippen LogP contribution is -2.26. The summed E-state index contributed by atoms with van der Waals surface area (Å²) in [6.07, 6.45) is 1.23. The molecular formula is C17H18N2O2. The van der Waals surface area contributed by atoms with Crippen molar-refractivity contribution in [2.75, 3.05) is 0 Å². The van der Waals surface area contributed by atoms with E-state index in [0.717, 1.165) is 12.1 Å². The van der Waals surface area contributed by atoms with Crippen molar-refractivity contribution in [1.29, 1.82) is 0 Å². The molecule has 21 heavy (non-hydrogen) atoms. The molecule has 0 saturated heterocycles. The van der Waals surface area contributed by atoms with Gasteiger partial charge in [0.25, 0.3) is 5.91 Å². The van der Waals surface area contributed by atoms with Crippen LogP contribution < -0.4 is 0 Å². The molecule has 4 nitrogen and oxygen atoms in total. The molecule has 0 atom stereocenters. The summed E-state index contributed by atoms with van der Waals surface area (Å²) in [5.74, 6) is -0.0982. The van der Waals surface area contributed by atoms with Crippen LogP contribution in [0.1, 0.15) is 52.4 Å². The molecule has 3 rings (SSSR count). The molecule has 0 unspecified atom stereocenters. The van der Waals surface area contributed by atoms with Crippen LogP contribution in [0.5, 0.6) is 0 Å². The molecule has 1 aliphatic rings. The van der Waals surface area contributed by atoms with E-state index in [0.29, 0.717) is 23.2 Å². The van der Waals surface area contributed by atoms with Gasteiger partial charge in [0.2, 0.25) is 0 Å². The van der Waals surface area contributed by atoms with Crippen LogP contribution in [0.2, 0.25) is 0 Å². The Morgan fingerprint density at radius 2 is 1.86 bits per heavy atom. The summed E-state index contributed by atoms with van der Waals surface area (Å²) in [5.41, 5.74) is 2.52. The Hall–Kier alpha value is -2.23.